The van der Waals surface area contributed by atoms with Gasteiger partial charge in [-0.15, -0.1) is 0 Å². The van der Waals surface area contributed by atoms with Crippen molar-refractivity contribution in [3.05, 3.63) is 91.9 Å². The van der Waals surface area contributed by atoms with E-state index in [2.05, 4.69) is 5.32 Å². The maximum absolute atomic E-state index is 15.0. The third-order valence-electron chi connectivity index (χ3n) is 9.12. The van der Waals surface area contributed by atoms with Crippen molar-refractivity contribution in [3.63, 3.8) is 0 Å². The first-order valence-electron chi connectivity index (χ1n) is 16.0. The molecule has 1 aromatic heterocycles. The van der Waals surface area contributed by atoms with E-state index >= 15 is 0 Å². The second kappa shape index (κ2) is 13.8. The summed E-state index contributed by atoms with van der Waals surface area (Å²) in [5.41, 5.74) is 5.69. The number of benzene rings is 2. The molecule has 2 heterocycles. The average Bonchev–Trinajstić information content (AvgIpc) is 3.43. The molecule has 10 heteroatoms. The highest BCUT2D eigenvalue weighted by molar-refractivity contribution is 5.82. The molecule has 1 saturated heterocycles. The van der Waals surface area contributed by atoms with Gasteiger partial charge in [-0.2, -0.15) is 0 Å². The Kier molecular flexibility index (Phi) is 10.1. The van der Waals surface area contributed by atoms with Gasteiger partial charge in [-0.25, -0.2) is 13.2 Å². The number of carboxylic acids is 1. The Bertz CT molecular complexity index is 1670. The summed E-state index contributed by atoms with van der Waals surface area (Å²) in [4.78, 5) is 41.1. The van der Waals surface area contributed by atoms with Crippen LogP contribution >= 0.6 is 0 Å². The summed E-state index contributed by atoms with van der Waals surface area (Å²) in [5, 5.41) is 12.8. The number of rotatable bonds is 12. The molecule has 3 aromatic rings. The van der Waals surface area contributed by atoms with Gasteiger partial charge in [0, 0.05) is 25.8 Å². The van der Waals surface area contributed by atoms with Gasteiger partial charge in [-0.05, 0) is 121 Å². The van der Waals surface area contributed by atoms with E-state index in [-0.39, 0.29) is 18.2 Å². The second-order valence-electron chi connectivity index (χ2n) is 13.3. The molecule has 1 amide bonds. The molecule has 0 spiro atoms. The monoisotopic (exact) mass is 637 g/mol. The van der Waals surface area contributed by atoms with Gasteiger partial charge in [0.15, 0.2) is 5.82 Å². The van der Waals surface area contributed by atoms with Gasteiger partial charge in [0.25, 0.3) is 5.56 Å². The number of likely N-dealkylation sites (tertiary alicyclic amines) is 1. The number of nitrogens with one attached hydrogen (secondary N) is 1. The second-order valence-corrected chi connectivity index (χ2v) is 13.3. The van der Waals surface area contributed by atoms with E-state index in [1.54, 1.807) is 0 Å². The fourth-order valence-corrected chi connectivity index (χ4v) is 6.95. The Morgan fingerprint density at radius 2 is 1.74 bits per heavy atom. The molecule has 0 radical (unpaired) electrons. The van der Waals surface area contributed by atoms with Gasteiger partial charge < -0.3 is 15.0 Å². The van der Waals surface area contributed by atoms with E-state index in [4.69, 9.17) is 0 Å². The number of aliphatic carboxylic acids is 1. The lowest BCUT2D eigenvalue weighted by atomic mass is 9.87. The summed E-state index contributed by atoms with van der Waals surface area (Å²) in [5.74, 6) is -3.07. The lowest BCUT2D eigenvalue weighted by molar-refractivity contribution is -0.138. The van der Waals surface area contributed by atoms with Crippen LogP contribution in [0.1, 0.15) is 78.6 Å². The highest BCUT2D eigenvalue weighted by Gasteiger charge is 2.30. The number of fused-ring (bicyclic) bond motifs is 1. The number of hydrogen-bond acceptors (Lipinski definition) is 4. The third-order valence-corrected chi connectivity index (χ3v) is 9.12. The first kappa shape index (κ1) is 33.4. The zero-order chi connectivity index (χ0) is 33.3. The standard InChI is InChI=1S/C36H42F3N3O4/c1-20(2)10-32(42-17-23(13-30(39)36(42)46)8-9-41-18-27(38)19-41)35(45)40-31(16-33(43)44)25-14-24-6-5-7-28(24)29(15-25)34-21(3)11-26(37)12-22(34)4/h11-15,17,20,27,31-32H,5-10,16,18-19H2,1-4H3,(H,40,45)(H,43,44)/t31-,32+/m0/s1. The Hall–Kier alpha value is -3.92. The van der Waals surface area contributed by atoms with Crippen molar-refractivity contribution in [2.75, 3.05) is 19.6 Å². The van der Waals surface area contributed by atoms with Gasteiger partial charge in [0.2, 0.25) is 5.91 Å². The van der Waals surface area contributed by atoms with Gasteiger partial charge in [0.05, 0.1) is 12.5 Å². The molecule has 0 saturated carbocycles. The van der Waals surface area contributed by atoms with Crippen LogP contribution in [0.25, 0.3) is 11.1 Å². The van der Waals surface area contributed by atoms with Gasteiger partial charge in [0.1, 0.15) is 18.0 Å². The van der Waals surface area contributed by atoms with Gasteiger partial charge in [-0.1, -0.05) is 19.9 Å². The summed E-state index contributed by atoms with van der Waals surface area (Å²) in [6, 6.07) is 5.94. The summed E-state index contributed by atoms with van der Waals surface area (Å²) < 4.78 is 43.6. The van der Waals surface area contributed by atoms with Crippen LogP contribution in [0.3, 0.4) is 0 Å². The van der Waals surface area contributed by atoms with Gasteiger partial charge in [-0.3, -0.25) is 19.3 Å². The Morgan fingerprint density at radius 3 is 2.37 bits per heavy atom. The zero-order valence-electron chi connectivity index (χ0n) is 26.8. The molecule has 46 heavy (non-hydrogen) atoms. The molecule has 246 valence electrons. The molecule has 2 atom stereocenters. The number of hydrogen-bond donors (Lipinski definition) is 2. The van der Waals surface area contributed by atoms with Crippen molar-refractivity contribution in [2.24, 2.45) is 5.92 Å². The molecule has 7 nitrogen and oxygen atoms in total. The minimum Gasteiger partial charge on any atom is -0.481 e. The lowest BCUT2D eigenvalue weighted by Crippen LogP contribution is -2.49. The van der Waals surface area contributed by atoms with Gasteiger partial charge >= 0.3 is 5.97 Å². The van der Waals surface area contributed by atoms with Crippen molar-refractivity contribution in [1.82, 2.24) is 14.8 Å². The number of carbonyl (C=O) groups excluding carboxylic acids is 1. The van der Waals surface area contributed by atoms with Crippen LogP contribution in [0.4, 0.5) is 13.2 Å². The first-order chi connectivity index (χ1) is 21.8. The van der Waals surface area contributed by atoms with Crippen molar-refractivity contribution in [1.29, 1.82) is 0 Å². The minimum absolute atomic E-state index is 0.0501. The highest BCUT2D eigenvalue weighted by Crippen LogP contribution is 2.39. The predicted molar refractivity (Wildman–Crippen MR) is 171 cm³/mol. The minimum atomic E-state index is -1.12. The topological polar surface area (TPSA) is 91.6 Å². The molecule has 2 aliphatic rings. The lowest BCUT2D eigenvalue weighted by Gasteiger charge is -2.34. The average molecular weight is 638 g/mol. The predicted octanol–water partition coefficient (Wildman–Crippen LogP) is 6.01. The van der Waals surface area contributed by atoms with Crippen LogP contribution < -0.4 is 10.9 Å². The van der Waals surface area contributed by atoms with E-state index in [0.29, 0.717) is 37.2 Å². The zero-order valence-corrected chi connectivity index (χ0v) is 26.8. The smallest absolute Gasteiger partial charge is 0.305 e. The van der Waals surface area contributed by atoms with E-state index in [0.717, 1.165) is 63.3 Å². The SMILES string of the molecule is Cc1cc(F)cc(C)c1-c1cc([C@H](CC(=O)O)NC(=O)[C@@H](CC(C)C)n2cc(CCN3CC(F)C3)cc(F)c2=O)cc2c1CCC2. The summed E-state index contributed by atoms with van der Waals surface area (Å²) in [7, 11) is 0. The number of amides is 1. The number of aryl methyl sites for hydroxylation is 3. The summed E-state index contributed by atoms with van der Waals surface area (Å²) in [6.07, 6.45) is 3.37. The molecule has 1 fully saturated rings. The normalized spacial score (nSPS) is 16.3. The molecule has 0 bridgehead atoms. The molecule has 5 rings (SSSR count). The number of carbonyl (C=O) groups is 2. The number of alkyl halides is 1. The van der Waals surface area contributed by atoms with Crippen molar-refractivity contribution >= 4 is 11.9 Å². The molecular weight excluding hydrogens is 595 g/mol. The van der Waals surface area contributed by atoms with Crippen LogP contribution in [0.2, 0.25) is 0 Å². The molecule has 2 aromatic carbocycles. The summed E-state index contributed by atoms with van der Waals surface area (Å²) >= 11 is 0. The maximum atomic E-state index is 15.0. The Morgan fingerprint density at radius 1 is 1.04 bits per heavy atom. The summed E-state index contributed by atoms with van der Waals surface area (Å²) in [6.45, 7) is 8.59. The van der Waals surface area contributed by atoms with E-state index < -0.39 is 47.9 Å². The fraction of sp³-hybridized carbons (Fsp3) is 0.472. The molecule has 1 aliphatic heterocycles. The molecule has 0 unspecified atom stereocenters. The molecule has 2 N–H and O–H groups in total. The molecular formula is C36H42F3N3O4. The number of nitrogens with zero attached hydrogens (tertiary/aromatic N) is 2. The largest absolute Gasteiger partial charge is 0.481 e. The number of aromatic nitrogens is 1. The number of pyridine rings is 1. The van der Waals surface area contributed by atoms with E-state index in [1.165, 1.54) is 18.3 Å². The number of halogens is 3. The Balaban J connectivity index is 1.50. The van der Waals surface area contributed by atoms with Crippen LogP contribution in [0, 0.1) is 31.4 Å². The fourth-order valence-electron chi connectivity index (χ4n) is 6.95. The Labute approximate surface area is 267 Å². The quantitative estimate of drug-likeness (QED) is 0.254. The van der Waals surface area contributed by atoms with Crippen molar-refractivity contribution < 1.29 is 27.9 Å². The van der Waals surface area contributed by atoms with Crippen LogP contribution in [-0.2, 0) is 28.9 Å². The van der Waals surface area contributed by atoms with E-state index in [1.807, 2.05) is 44.7 Å². The van der Waals surface area contributed by atoms with Crippen LogP contribution in [0.5, 0.6) is 0 Å². The third kappa shape index (κ3) is 7.38. The highest BCUT2D eigenvalue weighted by atomic mass is 19.1. The molecule has 1 aliphatic carbocycles. The maximum Gasteiger partial charge on any atom is 0.305 e. The van der Waals surface area contributed by atoms with Crippen molar-refractivity contribution in [3.8, 4) is 11.1 Å². The van der Waals surface area contributed by atoms with Crippen molar-refractivity contribution in [2.45, 2.75) is 84.5 Å². The van der Waals surface area contributed by atoms with Crippen LogP contribution in [0.15, 0.2) is 41.3 Å². The van der Waals surface area contributed by atoms with Crippen LogP contribution in [-0.4, -0.2) is 52.3 Å². The van der Waals surface area contributed by atoms with E-state index in [9.17, 15) is 32.7 Å². The first-order valence-corrected chi connectivity index (χ1v) is 16.0. The number of carboxylic acid groups (broad SMARTS) is 1.